The maximum atomic E-state index is 11.6. The Hall–Kier alpha value is -1.49. The first kappa shape index (κ1) is 10.0. The number of hydrogen-bond acceptors (Lipinski definition) is 3. The van der Waals surface area contributed by atoms with E-state index in [-0.39, 0.29) is 0 Å². The molecule has 0 bridgehead atoms. The summed E-state index contributed by atoms with van der Waals surface area (Å²) in [4.78, 5) is 23.4. The van der Waals surface area contributed by atoms with Gasteiger partial charge in [-0.2, -0.15) is 0 Å². The van der Waals surface area contributed by atoms with E-state index in [1.165, 1.54) is 6.92 Å². The lowest BCUT2D eigenvalue weighted by molar-refractivity contribution is -0.142. The van der Waals surface area contributed by atoms with Crippen LogP contribution in [0.1, 0.15) is 6.92 Å². The van der Waals surface area contributed by atoms with Crippen LogP contribution in [0.25, 0.3) is 0 Å². The van der Waals surface area contributed by atoms with Gasteiger partial charge in [0.1, 0.15) is 0 Å². The van der Waals surface area contributed by atoms with Crippen molar-refractivity contribution < 1.29 is 14.7 Å². The van der Waals surface area contributed by atoms with Crippen LogP contribution in [0.4, 0.5) is 5.69 Å². The highest BCUT2D eigenvalue weighted by molar-refractivity contribution is 8.02. The summed E-state index contributed by atoms with van der Waals surface area (Å²) in [6.45, 7) is 1.41. The van der Waals surface area contributed by atoms with Gasteiger partial charge in [0, 0.05) is 4.90 Å². The van der Waals surface area contributed by atoms with Gasteiger partial charge in [-0.3, -0.25) is 9.59 Å². The largest absolute Gasteiger partial charge is 0.480 e. The first-order valence-electron chi connectivity index (χ1n) is 4.37. The maximum absolute atomic E-state index is 11.6. The molecule has 2 rings (SSSR count). The molecule has 15 heavy (non-hydrogen) atoms. The molecule has 0 aromatic heterocycles. The number of amides is 1. The molecule has 1 atom stereocenters. The quantitative estimate of drug-likeness (QED) is 0.709. The highest BCUT2D eigenvalue weighted by Gasteiger charge is 2.45. The SMILES string of the molecule is CC1(C(=O)O)Sc2ccccc2NC1=O. The van der Waals surface area contributed by atoms with Crippen LogP contribution in [0, 0.1) is 0 Å². The summed E-state index contributed by atoms with van der Waals surface area (Å²) in [5.41, 5.74) is 0.672. The number of carbonyl (C=O) groups is 2. The molecular weight excluding hydrogens is 214 g/mol. The summed E-state index contributed by atoms with van der Waals surface area (Å²) >= 11 is 1.06. The minimum absolute atomic E-state index is 0.487. The molecule has 0 fully saturated rings. The molecule has 4 nitrogen and oxygen atoms in total. The minimum Gasteiger partial charge on any atom is -0.480 e. The first-order valence-corrected chi connectivity index (χ1v) is 5.18. The van der Waals surface area contributed by atoms with Gasteiger partial charge in [0.05, 0.1) is 5.69 Å². The third-order valence-electron chi connectivity index (χ3n) is 2.29. The molecule has 0 spiro atoms. The second-order valence-electron chi connectivity index (χ2n) is 3.39. The Morgan fingerprint density at radius 1 is 1.47 bits per heavy atom. The van der Waals surface area contributed by atoms with Crippen LogP contribution < -0.4 is 5.32 Å². The highest BCUT2D eigenvalue weighted by atomic mass is 32.2. The Labute approximate surface area is 90.7 Å². The van der Waals surface area contributed by atoms with E-state index in [2.05, 4.69) is 5.32 Å². The fourth-order valence-electron chi connectivity index (χ4n) is 1.31. The summed E-state index contributed by atoms with van der Waals surface area (Å²) < 4.78 is -1.44. The van der Waals surface area contributed by atoms with Crippen molar-refractivity contribution in [1.29, 1.82) is 0 Å². The topological polar surface area (TPSA) is 66.4 Å². The van der Waals surface area contributed by atoms with E-state index in [1.807, 2.05) is 6.07 Å². The fraction of sp³-hybridized carbons (Fsp3) is 0.200. The molecule has 1 unspecified atom stereocenters. The van der Waals surface area contributed by atoms with Crippen molar-refractivity contribution in [1.82, 2.24) is 0 Å². The van der Waals surface area contributed by atoms with Crippen molar-refractivity contribution in [2.75, 3.05) is 5.32 Å². The van der Waals surface area contributed by atoms with E-state index in [0.717, 1.165) is 16.7 Å². The maximum Gasteiger partial charge on any atom is 0.329 e. The van der Waals surface area contributed by atoms with Crippen LogP contribution in [-0.4, -0.2) is 21.7 Å². The molecule has 0 radical (unpaired) electrons. The van der Waals surface area contributed by atoms with E-state index in [9.17, 15) is 9.59 Å². The average molecular weight is 223 g/mol. The van der Waals surface area contributed by atoms with Crippen molar-refractivity contribution in [2.24, 2.45) is 0 Å². The number of nitrogens with one attached hydrogen (secondary N) is 1. The number of aliphatic carboxylic acids is 1. The number of carbonyl (C=O) groups excluding carboxylic acids is 1. The lowest BCUT2D eigenvalue weighted by Crippen LogP contribution is -2.46. The van der Waals surface area contributed by atoms with Crippen LogP contribution in [-0.2, 0) is 9.59 Å². The van der Waals surface area contributed by atoms with E-state index in [4.69, 9.17) is 5.11 Å². The first-order chi connectivity index (χ1) is 7.04. The molecule has 1 aliphatic heterocycles. The summed E-state index contributed by atoms with van der Waals surface area (Å²) in [5, 5.41) is 11.6. The number of rotatable bonds is 1. The number of fused-ring (bicyclic) bond motifs is 1. The Morgan fingerprint density at radius 3 is 2.80 bits per heavy atom. The van der Waals surface area contributed by atoms with E-state index < -0.39 is 16.6 Å². The standard InChI is InChI=1S/C10H9NO3S/c1-10(9(13)14)8(12)11-6-4-2-3-5-7(6)15-10/h2-5H,1H3,(H,11,12)(H,13,14). The second-order valence-corrected chi connectivity index (χ2v) is 4.85. The average Bonchev–Trinajstić information content (AvgIpc) is 2.19. The zero-order chi connectivity index (χ0) is 11.1. The van der Waals surface area contributed by atoms with Crippen molar-refractivity contribution in [2.45, 2.75) is 16.6 Å². The van der Waals surface area contributed by atoms with Gasteiger partial charge in [-0.1, -0.05) is 23.9 Å². The highest BCUT2D eigenvalue weighted by Crippen LogP contribution is 2.42. The molecular formula is C10H9NO3S. The summed E-state index contributed by atoms with van der Waals surface area (Å²) in [6, 6.07) is 7.15. The van der Waals surface area contributed by atoms with E-state index >= 15 is 0 Å². The summed E-state index contributed by atoms with van der Waals surface area (Å²) in [7, 11) is 0. The van der Waals surface area contributed by atoms with Gasteiger partial charge in [-0.25, -0.2) is 0 Å². The molecule has 5 heteroatoms. The van der Waals surface area contributed by atoms with E-state index in [1.54, 1.807) is 18.2 Å². The molecule has 1 heterocycles. The van der Waals surface area contributed by atoms with E-state index in [0.29, 0.717) is 5.69 Å². The van der Waals surface area contributed by atoms with Crippen molar-refractivity contribution in [3.8, 4) is 0 Å². The number of carboxylic acids is 1. The molecule has 1 amide bonds. The number of para-hydroxylation sites is 1. The third-order valence-corrected chi connectivity index (χ3v) is 3.63. The third kappa shape index (κ3) is 1.48. The summed E-state index contributed by atoms with van der Waals surface area (Å²) in [6.07, 6.45) is 0. The van der Waals surface area contributed by atoms with Gasteiger partial charge >= 0.3 is 5.97 Å². The lowest BCUT2D eigenvalue weighted by Gasteiger charge is -2.29. The number of thioether (sulfide) groups is 1. The Kier molecular flexibility index (Phi) is 2.19. The van der Waals surface area contributed by atoms with Gasteiger partial charge in [-0.05, 0) is 19.1 Å². The van der Waals surface area contributed by atoms with Crippen LogP contribution in [0.5, 0.6) is 0 Å². The number of carboxylic acid groups (broad SMARTS) is 1. The van der Waals surface area contributed by atoms with Crippen LogP contribution in [0.15, 0.2) is 29.2 Å². The number of hydrogen-bond donors (Lipinski definition) is 2. The van der Waals surface area contributed by atoms with Crippen LogP contribution >= 0.6 is 11.8 Å². The molecule has 1 aliphatic rings. The van der Waals surface area contributed by atoms with Gasteiger partial charge in [0.2, 0.25) is 0 Å². The zero-order valence-corrected chi connectivity index (χ0v) is 8.80. The predicted octanol–water partition coefficient (Wildman–Crippen LogP) is 1.57. The zero-order valence-electron chi connectivity index (χ0n) is 7.98. The van der Waals surface area contributed by atoms with Crippen LogP contribution in [0.2, 0.25) is 0 Å². The smallest absolute Gasteiger partial charge is 0.329 e. The fourth-order valence-corrected chi connectivity index (χ4v) is 2.35. The monoisotopic (exact) mass is 223 g/mol. The summed E-state index contributed by atoms with van der Waals surface area (Å²) in [5.74, 6) is -1.61. The second kappa shape index (κ2) is 3.27. The normalized spacial score (nSPS) is 24.2. The van der Waals surface area contributed by atoms with Gasteiger partial charge in [0.25, 0.3) is 5.91 Å². The molecule has 0 aliphatic carbocycles. The predicted molar refractivity (Wildman–Crippen MR) is 57.0 cm³/mol. The van der Waals surface area contributed by atoms with Gasteiger partial charge in [0.15, 0.2) is 4.75 Å². The Bertz CT molecular complexity index is 446. The molecule has 1 aromatic rings. The minimum atomic E-state index is -1.44. The van der Waals surface area contributed by atoms with Gasteiger partial charge < -0.3 is 10.4 Å². The molecule has 2 N–H and O–H groups in total. The molecule has 0 saturated carbocycles. The Balaban J connectivity index is 2.46. The number of anilines is 1. The van der Waals surface area contributed by atoms with Crippen molar-refractivity contribution in [3.05, 3.63) is 24.3 Å². The molecule has 0 saturated heterocycles. The number of benzene rings is 1. The van der Waals surface area contributed by atoms with Crippen molar-refractivity contribution >= 4 is 29.3 Å². The lowest BCUT2D eigenvalue weighted by atomic mass is 10.1. The van der Waals surface area contributed by atoms with Gasteiger partial charge in [-0.15, -0.1) is 0 Å². The Morgan fingerprint density at radius 2 is 2.13 bits per heavy atom. The molecule has 1 aromatic carbocycles. The van der Waals surface area contributed by atoms with Crippen LogP contribution in [0.3, 0.4) is 0 Å². The molecule has 78 valence electrons. The van der Waals surface area contributed by atoms with Crippen molar-refractivity contribution in [3.63, 3.8) is 0 Å².